The first-order valence-corrected chi connectivity index (χ1v) is 5.28. The van der Waals surface area contributed by atoms with E-state index in [4.69, 9.17) is 4.74 Å². The van der Waals surface area contributed by atoms with E-state index in [-0.39, 0.29) is 5.82 Å². The van der Waals surface area contributed by atoms with Gasteiger partial charge in [0.2, 0.25) is 0 Å². The molecule has 0 aliphatic rings. The standard InChI is InChI=1S/C11H14N4O2/c1-7-5-6-12-10-13-8(14-15(7)10)9(16)17-11(2,3)4/h5-6H,1-4H3. The van der Waals surface area contributed by atoms with Crippen molar-refractivity contribution in [3.05, 3.63) is 23.8 Å². The molecule has 6 heteroatoms. The van der Waals surface area contributed by atoms with Gasteiger partial charge in [-0.2, -0.15) is 4.98 Å². The van der Waals surface area contributed by atoms with E-state index in [9.17, 15) is 4.79 Å². The van der Waals surface area contributed by atoms with Gasteiger partial charge < -0.3 is 4.74 Å². The maximum absolute atomic E-state index is 11.8. The molecule has 0 unspecified atom stereocenters. The maximum atomic E-state index is 11.8. The van der Waals surface area contributed by atoms with Gasteiger partial charge in [-0.15, -0.1) is 5.10 Å². The maximum Gasteiger partial charge on any atom is 0.378 e. The number of esters is 1. The minimum Gasteiger partial charge on any atom is -0.454 e. The van der Waals surface area contributed by atoms with Crippen LogP contribution in [0.2, 0.25) is 0 Å². The average Bonchev–Trinajstić information content (AvgIpc) is 2.60. The third-order valence-corrected chi connectivity index (χ3v) is 2.01. The van der Waals surface area contributed by atoms with Crippen molar-refractivity contribution < 1.29 is 9.53 Å². The van der Waals surface area contributed by atoms with Crippen molar-refractivity contribution in [2.24, 2.45) is 0 Å². The van der Waals surface area contributed by atoms with Gasteiger partial charge in [0, 0.05) is 11.9 Å². The van der Waals surface area contributed by atoms with Gasteiger partial charge in [-0.25, -0.2) is 14.3 Å². The summed E-state index contributed by atoms with van der Waals surface area (Å²) in [5.74, 6) is -0.116. The molecule has 90 valence electrons. The molecule has 0 N–H and O–H groups in total. The molecule has 0 aliphatic heterocycles. The van der Waals surface area contributed by atoms with Crippen molar-refractivity contribution in [2.75, 3.05) is 0 Å². The van der Waals surface area contributed by atoms with E-state index in [1.165, 1.54) is 4.52 Å². The zero-order valence-electron chi connectivity index (χ0n) is 10.3. The van der Waals surface area contributed by atoms with Crippen LogP contribution in [0.25, 0.3) is 5.78 Å². The second-order valence-electron chi connectivity index (χ2n) is 4.74. The fourth-order valence-electron chi connectivity index (χ4n) is 1.32. The molecule has 0 amide bonds. The molecule has 2 aromatic rings. The van der Waals surface area contributed by atoms with Crippen molar-refractivity contribution in [2.45, 2.75) is 33.3 Å². The SMILES string of the molecule is Cc1ccnc2nc(C(=O)OC(C)(C)C)nn12. The van der Waals surface area contributed by atoms with E-state index >= 15 is 0 Å². The van der Waals surface area contributed by atoms with Crippen LogP contribution in [0.4, 0.5) is 0 Å². The van der Waals surface area contributed by atoms with Crippen LogP contribution in [0.5, 0.6) is 0 Å². The zero-order valence-corrected chi connectivity index (χ0v) is 10.3. The normalized spacial score (nSPS) is 11.8. The van der Waals surface area contributed by atoms with Crippen LogP contribution in [-0.2, 0) is 4.74 Å². The van der Waals surface area contributed by atoms with Crippen LogP contribution in [0.1, 0.15) is 37.1 Å². The highest BCUT2D eigenvalue weighted by Crippen LogP contribution is 2.10. The van der Waals surface area contributed by atoms with Gasteiger partial charge in [-0.3, -0.25) is 0 Å². The molecule has 0 aliphatic carbocycles. The molecule has 0 radical (unpaired) electrons. The summed E-state index contributed by atoms with van der Waals surface area (Å²) in [5, 5.41) is 4.06. The van der Waals surface area contributed by atoms with E-state index in [1.807, 2.05) is 6.92 Å². The first-order chi connectivity index (χ1) is 7.87. The lowest BCUT2D eigenvalue weighted by Gasteiger charge is -2.17. The zero-order chi connectivity index (χ0) is 12.6. The third kappa shape index (κ3) is 2.41. The number of rotatable bonds is 1. The number of aromatic nitrogens is 4. The molecule has 0 bridgehead atoms. The van der Waals surface area contributed by atoms with E-state index in [0.29, 0.717) is 5.78 Å². The summed E-state index contributed by atoms with van der Waals surface area (Å²) in [6, 6.07) is 1.79. The smallest absolute Gasteiger partial charge is 0.378 e. The number of nitrogens with zero attached hydrogens (tertiary/aromatic N) is 4. The molecule has 2 heterocycles. The van der Waals surface area contributed by atoms with Crippen molar-refractivity contribution >= 4 is 11.7 Å². The quantitative estimate of drug-likeness (QED) is 0.697. The summed E-state index contributed by atoms with van der Waals surface area (Å²) in [6.07, 6.45) is 1.62. The first kappa shape index (κ1) is 11.5. The highest BCUT2D eigenvalue weighted by molar-refractivity contribution is 5.85. The van der Waals surface area contributed by atoms with Crippen LogP contribution >= 0.6 is 0 Å². The lowest BCUT2D eigenvalue weighted by molar-refractivity contribution is 0.00560. The van der Waals surface area contributed by atoms with Crippen molar-refractivity contribution in [3.8, 4) is 0 Å². The van der Waals surface area contributed by atoms with Crippen LogP contribution in [0.15, 0.2) is 12.3 Å². The van der Waals surface area contributed by atoms with Crippen LogP contribution in [0, 0.1) is 6.92 Å². The summed E-state index contributed by atoms with van der Waals surface area (Å²) < 4.78 is 6.70. The molecule has 0 spiro atoms. The van der Waals surface area contributed by atoms with Crippen molar-refractivity contribution in [1.82, 2.24) is 19.6 Å². The van der Waals surface area contributed by atoms with Gasteiger partial charge in [0.05, 0.1) is 0 Å². The molecule has 6 nitrogen and oxygen atoms in total. The molecule has 0 aromatic carbocycles. The third-order valence-electron chi connectivity index (χ3n) is 2.01. The Hall–Kier alpha value is -1.98. The highest BCUT2D eigenvalue weighted by atomic mass is 16.6. The molecule has 0 saturated carbocycles. The summed E-state index contributed by atoms with van der Waals surface area (Å²) >= 11 is 0. The van der Waals surface area contributed by atoms with Gasteiger partial charge in [0.1, 0.15) is 5.60 Å². The first-order valence-electron chi connectivity index (χ1n) is 5.28. The second kappa shape index (κ2) is 3.80. The number of aryl methyl sites for hydroxylation is 1. The summed E-state index contributed by atoms with van der Waals surface area (Å²) in [4.78, 5) is 19.8. The summed E-state index contributed by atoms with van der Waals surface area (Å²) in [6.45, 7) is 7.25. The Morgan fingerprint density at radius 1 is 1.41 bits per heavy atom. The number of fused-ring (bicyclic) bond motifs is 1. The van der Waals surface area contributed by atoms with Gasteiger partial charge in [0.25, 0.3) is 11.6 Å². The molecule has 17 heavy (non-hydrogen) atoms. The van der Waals surface area contributed by atoms with Crippen molar-refractivity contribution in [3.63, 3.8) is 0 Å². The fourth-order valence-corrected chi connectivity index (χ4v) is 1.32. The monoisotopic (exact) mass is 234 g/mol. The number of carbonyl (C=O) groups is 1. The van der Waals surface area contributed by atoms with Crippen LogP contribution in [-0.4, -0.2) is 31.2 Å². The predicted molar refractivity (Wildman–Crippen MR) is 60.7 cm³/mol. The highest BCUT2D eigenvalue weighted by Gasteiger charge is 2.22. The van der Waals surface area contributed by atoms with Crippen LogP contribution < -0.4 is 0 Å². The van der Waals surface area contributed by atoms with Gasteiger partial charge in [0.15, 0.2) is 0 Å². The van der Waals surface area contributed by atoms with Gasteiger partial charge >= 0.3 is 5.97 Å². The minimum atomic E-state index is -0.558. The Labute approximate surface area is 98.6 Å². The van der Waals surface area contributed by atoms with Gasteiger partial charge in [-0.05, 0) is 33.8 Å². The molecule has 0 saturated heterocycles. The number of ether oxygens (including phenoxy) is 1. The molecule has 0 fully saturated rings. The molecule has 2 rings (SSSR count). The van der Waals surface area contributed by atoms with E-state index in [1.54, 1.807) is 33.0 Å². The van der Waals surface area contributed by atoms with Crippen molar-refractivity contribution in [1.29, 1.82) is 0 Å². The average molecular weight is 234 g/mol. The molecular weight excluding hydrogens is 220 g/mol. The Bertz CT molecular complexity index is 568. The number of hydrogen-bond acceptors (Lipinski definition) is 5. The minimum absolute atomic E-state index is 0.0294. The topological polar surface area (TPSA) is 69.4 Å². The van der Waals surface area contributed by atoms with Crippen LogP contribution in [0.3, 0.4) is 0 Å². The lowest BCUT2D eigenvalue weighted by Crippen LogP contribution is -2.24. The van der Waals surface area contributed by atoms with Gasteiger partial charge in [-0.1, -0.05) is 0 Å². The van der Waals surface area contributed by atoms with E-state index < -0.39 is 11.6 Å². The summed E-state index contributed by atoms with van der Waals surface area (Å²) in [7, 11) is 0. The Morgan fingerprint density at radius 2 is 2.12 bits per heavy atom. The summed E-state index contributed by atoms with van der Waals surface area (Å²) in [5.41, 5.74) is 0.300. The largest absolute Gasteiger partial charge is 0.454 e. The van der Waals surface area contributed by atoms with E-state index in [2.05, 4.69) is 15.1 Å². The Kier molecular flexibility index (Phi) is 2.57. The van der Waals surface area contributed by atoms with E-state index in [0.717, 1.165) is 5.69 Å². The number of hydrogen-bond donors (Lipinski definition) is 0. The number of carbonyl (C=O) groups excluding carboxylic acids is 1. The molecule has 0 atom stereocenters. The molecule has 2 aromatic heterocycles. The fraction of sp³-hybridized carbons (Fsp3) is 0.455. The predicted octanol–water partition coefficient (Wildman–Crippen LogP) is 1.39. The Morgan fingerprint density at radius 3 is 2.71 bits per heavy atom. The second-order valence-corrected chi connectivity index (χ2v) is 4.74. The lowest BCUT2D eigenvalue weighted by atomic mass is 10.2. The Balaban J connectivity index is 2.37. The molecular formula is C11H14N4O2.